The summed E-state index contributed by atoms with van der Waals surface area (Å²) in [4.78, 5) is 26.3. The molecule has 2 rings (SSSR count). The van der Waals surface area contributed by atoms with Crippen LogP contribution in [0.3, 0.4) is 0 Å². The molecule has 0 aromatic heterocycles. The lowest BCUT2D eigenvalue weighted by Crippen LogP contribution is -2.32. The maximum atomic E-state index is 12.5. The number of hydrogen-bond acceptors (Lipinski definition) is 3. The van der Waals surface area contributed by atoms with E-state index in [4.69, 9.17) is 4.74 Å². The van der Waals surface area contributed by atoms with Crippen LogP contribution in [0.4, 0.5) is 10.5 Å². The second-order valence-electron chi connectivity index (χ2n) is 6.36. The van der Waals surface area contributed by atoms with Crippen LogP contribution in [0.1, 0.15) is 48.9 Å². The van der Waals surface area contributed by atoms with Gasteiger partial charge in [-0.1, -0.05) is 12.8 Å². The van der Waals surface area contributed by atoms with Crippen molar-refractivity contribution < 1.29 is 14.3 Å². The van der Waals surface area contributed by atoms with E-state index >= 15 is 0 Å². The van der Waals surface area contributed by atoms with E-state index in [0.717, 1.165) is 38.8 Å². The van der Waals surface area contributed by atoms with E-state index in [1.165, 1.54) is 12.8 Å². The maximum absolute atomic E-state index is 12.5. The quantitative estimate of drug-likeness (QED) is 0.744. The minimum atomic E-state index is -0.232. The van der Waals surface area contributed by atoms with Gasteiger partial charge in [0, 0.05) is 44.6 Å². The van der Waals surface area contributed by atoms with Crippen LogP contribution in [0.25, 0.3) is 0 Å². The van der Waals surface area contributed by atoms with Gasteiger partial charge in [-0.25, -0.2) is 4.79 Å². The molecule has 0 aliphatic carbocycles. The number of amides is 3. The van der Waals surface area contributed by atoms with Gasteiger partial charge >= 0.3 is 6.03 Å². The summed E-state index contributed by atoms with van der Waals surface area (Å²) in [6.45, 7) is 2.99. The number of anilines is 1. The molecular weight excluding hydrogens is 318 g/mol. The minimum absolute atomic E-state index is 0.0797. The molecule has 1 fully saturated rings. The van der Waals surface area contributed by atoms with E-state index in [0.29, 0.717) is 24.4 Å². The van der Waals surface area contributed by atoms with Crippen molar-refractivity contribution in [2.45, 2.75) is 38.5 Å². The number of ether oxygens (including phenoxy) is 1. The molecule has 1 aliphatic rings. The fourth-order valence-corrected chi connectivity index (χ4v) is 2.90. The van der Waals surface area contributed by atoms with Gasteiger partial charge in [-0.05, 0) is 49.9 Å². The van der Waals surface area contributed by atoms with Gasteiger partial charge in [-0.2, -0.15) is 0 Å². The van der Waals surface area contributed by atoms with Gasteiger partial charge < -0.3 is 20.3 Å². The summed E-state index contributed by atoms with van der Waals surface area (Å²) in [5, 5.41) is 5.59. The second-order valence-corrected chi connectivity index (χ2v) is 6.36. The number of benzene rings is 1. The number of unbranched alkanes of at least 4 members (excludes halogenated alkanes) is 1. The molecule has 0 radical (unpaired) electrons. The molecule has 6 nitrogen and oxygen atoms in total. The van der Waals surface area contributed by atoms with Gasteiger partial charge in [0.2, 0.25) is 0 Å². The fourth-order valence-electron chi connectivity index (χ4n) is 2.90. The lowest BCUT2D eigenvalue weighted by molar-refractivity contribution is 0.0761. The third kappa shape index (κ3) is 6.74. The van der Waals surface area contributed by atoms with Crippen LogP contribution in [0, 0.1) is 0 Å². The van der Waals surface area contributed by atoms with Crippen molar-refractivity contribution in [2.75, 3.05) is 38.7 Å². The number of hydrogen-bond donors (Lipinski definition) is 2. The van der Waals surface area contributed by atoms with E-state index in [2.05, 4.69) is 10.6 Å². The summed E-state index contributed by atoms with van der Waals surface area (Å²) in [5.74, 6) is 0.0797. The highest BCUT2D eigenvalue weighted by atomic mass is 16.5. The maximum Gasteiger partial charge on any atom is 0.319 e. The number of urea groups is 1. The van der Waals surface area contributed by atoms with Crippen LogP contribution in [-0.2, 0) is 4.74 Å². The molecule has 6 heteroatoms. The van der Waals surface area contributed by atoms with Gasteiger partial charge in [0.05, 0.1) is 0 Å². The molecule has 0 saturated carbocycles. The number of nitrogens with one attached hydrogen (secondary N) is 2. The molecule has 138 valence electrons. The Hall–Kier alpha value is -2.08. The second kappa shape index (κ2) is 10.7. The van der Waals surface area contributed by atoms with Crippen molar-refractivity contribution >= 4 is 17.6 Å². The molecule has 0 bridgehead atoms. The van der Waals surface area contributed by atoms with Crippen LogP contribution >= 0.6 is 0 Å². The smallest absolute Gasteiger partial charge is 0.319 e. The molecule has 0 spiro atoms. The first-order valence-electron chi connectivity index (χ1n) is 9.14. The zero-order chi connectivity index (χ0) is 17.9. The standard InChI is InChI=1S/C19H29N3O3/c1-25-15-7-4-12-20-19(24)21-17-10-8-16(9-11-17)18(23)22-13-5-2-3-6-14-22/h8-11H,2-7,12-15H2,1H3,(H2,20,21,24). The van der Waals surface area contributed by atoms with Gasteiger partial charge in [-0.15, -0.1) is 0 Å². The molecule has 1 aromatic rings. The molecule has 3 amide bonds. The summed E-state index contributed by atoms with van der Waals surface area (Å²) < 4.78 is 4.97. The predicted molar refractivity (Wildman–Crippen MR) is 98.9 cm³/mol. The highest BCUT2D eigenvalue weighted by Crippen LogP contribution is 2.15. The molecule has 1 aromatic carbocycles. The summed E-state index contributed by atoms with van der Waals surface area (Å²) in [5.41, 5.74) is 1.36. The normalized spacial score (nSPS) is 14.7. The lowest BCUT2D eigenvalue weighted by Gasteiger charge is -2.20. The number of rotatable bonds is 7. The first-order valence-corrected chi connectivity index (χ1v) is 9.14. The molecule has 1 heterocycles. The minimum Gasteiger partial charge on any atom is -0.385 e. The number of likely N-dealkylation sites (tertiary alicyclic amines) is 1. The molecule has 0 atom stereocenters. The van der Waals surface area contributed by atoms with Crippen molar-refractivity contribution in [1.82, 2.24) is 10.2 Å². The average Bonchev–Trinajstić information content (AvgIpc) is 2.91. The van der Waals surface area contributed by atoms with Gasteiger partial charge in [-0.3, -0.25) is 4.79 Å². The van der Waals surface area contributed by atoms with Crippen molar-refractivity contribution in [3.05, 3.63) is 29.8 Å². The van der Waals surface area contributed by atoms with Crippen LogP contribution in [0.2, 0.25) is 0 Å². The van der Waals surface area contributed by atoms with Gasteiger partial charge in [0.1, 0.15) is 0 Å². The zero-order valence-electron chi connectivity index (χ0n) is 15.1. The Labute approximate surface area is 149 Å². The Morgan fingerprint density at radius 3 is 2.36 bits per heavy atom. The number of carbonyl (C=O) groups excluding carboxylic acids is 2. The molecule has 2 N–H and O–H groups in total. The van der Waals surface area contributed by atoms with E-state index in [-0.39, 0.29) is 11.9 Å². The summed E-state index contributed by atoms with van der Waals surface area (Å²) >= 11 is 0. The van der Waals surface area contributed by atoms with Gasteiger partial charge in [0.15, 0.2) is 0 Å². The summed E-state index contributed by atoms with van der Waals surface area (Å²) in [6.07, 6.45) is 6.36. The van der Waals surface area contributed by atoms with Crippen LogP contribution in [0.5, 0.6) is 0 Å². The molecule has 0 unspecified atom stereocenters. The topological polar surface area (TPSA) is 70.7 Å². The first-order chi connectivity index (χ1) is 12.2. The van der Waals surface area contributed by atoms with Crippen LogP contribution in [0.15, 0.2) is 24.3 Å². The molecule has 1 aliphatic heterocycles. The summed E-state index contributed by atoms with van der Waals surface area (Å²) in [6, 6.07) is 6.87. The Balaban J connectivity index is 1.78. The average molecular weight is 347 g/mol. The summed E-state index contributed by atoms with van der Waals surface area (Å²) in [7, 11) is 1.67. The predicted octanol–water partition coefficient (Wildman–Crippen LogP) is 3.25. The number of nitrogens with zero attached hydrogens (tertiary/aromatic N) is 1. The Morgan fingerprint density at radius 2 is 1.72 bits per heavy atom. The highest BCUT2D eigenvalue weighted by Gasteiger charge is 2.17. The molecular formula is C19H29N3O3. The van der Waals surface area contributed by atoms with E-state index in [1.54, 1.807) is 31.4 Å². The number of carbonyl (C=O) groups is 2. The van der Waals surface area contributed by atoms with Crippen molar-refractivity contribution in [2.24, 2.45) is 0 Å². The lowest BCUT2D eigenvalue weighted by atomic mass is 10.1. The van der Waals surface area contributed by atoms with Crippen LogP contribution < -0.4 is 10.6 Å². The Bertz CT molecular complexity index is 537. The Morgan fingerprint density at radius 1 is 1.04 bits per heavy atom. The van der Waals surface area contributed by atoms with E-state index < -0.39 is 0 Å². The van der Waals surface area contributed by atoms with Crippen molar-refractivity contribution in [3.63, 3.8) is 0 Å². The molecule has 25 heavy (non-hydrogen) atoms. The first kappa shape index (κ1) is 19.2. The fraction of sp³-hybridized carbons (Fsp3) is 0.579. The van der Waals surface area contributed by atoms with Crippen molar-refractivity contribution in [1.29, 1.82) is 0 Å². The largest absolute Gasteiger partial charge is 0.385 e. The monoisotopic (exact) mass is 347 g/mol. The zero-order valence-corrected chi connectivity index (χ0v) is 15.1. The SMILES string of the molecule is COCCCCNC(=O)Nc1ccc(C(=O)N2CCCCCC2)cc1. The van der Waals surface area contributed by atoms with E-state index in [1.807, 2.05) is 4.90 Å². The third-order valence-electron chi connectivity index (χ3n) is 4.34. The highest BCUT2D eigenvalue weighted by molar-refractivity contribution is 5.95. The number of methoxy groups -OCH3 is 1. The third-order valence-corrected chi connectivity index (χ3v) is 4.34. The van der Waals surface area contributed by atoms with Crippen LogP contribution in [-0.4, -0.2) is 50.2 Å². The Kier molecular flexibility index (Phi) is 8.25. The van der Waals surface area contributed by atoms with Crippen molar-refractivity contribution in [3.8, 4) is 0 Å². The molecule has 1 saturated heterocycles. The van der Waals surface area contributed by atoms with E-state index in [9.17, 15) is 9.59 Å². The van der Waals surface area contributed by atoms with Gasteiger partial charge in [0.25, 0.3) is 5.91 Å².